The summed E-state index contributed by atoms with van der Waals surface area (Å²) >= 11 is 3.64. The summed E-state index contributed by atoms with van der Waals surface area (Å²) in [6, 6.07) is 2.09. The fourth-order valence-electron chi connectivity index (χ4n) is 3.31. The summed E-state index contributed by atoms with van der Waals surface area (Å²) in [6.07, 6.45) is 4.45. The number of fused-ring (bicyclic) bond motifs is 1. The zero-order valence-corrected chi connectivity index (χ0v) is 14.3. The van der Waals surface area contributed by atoms with Gasteiger partial charge >= 0.3 is 5.97 Å². The van der Waals surface area contributed by atoms with Crippen LogP contribution in [0, 0.1) is 18.8 Å². The number of rotatable bonds is 4. The normalized spacial score (nSPS) is 22.3. The SMILES string of the molecule is Cc1nc(N2CC3CC3C2)c(Br)cc1Cn1cnc(C(=O)O)c1. The zero-order valence-electron chi connectivity index (χ0n) is 12.7. The van der Waals surface area contributed by atoms with Crippen molar-refractivity contribution in [2.75, 3.05) is 18.0 Å². The Hall–Kier alpha value is -1.89. The van der Waals surface area contributed by atoms with Gasteiger partial charge in [0.15, 0.2) is 5.69 Å². The van der Waals surface area contributed by atoms with E-state index in [1.54, 1.807) is 10.9 Å². The van der Waals surface area contributed by atoms with Gasteiger partial charge in [-0.25, -0.2) is 14.8 Å². The van der Waals surface area contributed by atoms with Crippen molar-refractivity contribution in [3.8, 4) is 0 Å². The van der Waals surface area contributed by atoms with Crippen molar-refractivity contribution in [2.24, 2.45) is 11.8 Å². The number of nitrogens with zero attached hydrogens (tertiary/aromatic N) is 4. The second-order valence-corrected chi connectivity index (χ2v) is 7.29. The molecule has 1 aliphatic carbocycles. The lowest BCUT2D eigenvalue weighted by Gasteiger charge is -2.22. The lowest BCUT2D eigenvalue weighted by atomic mass is 10.2. The minimum absolute atomic E-state index is 0.0580. The van der Waals surface area contributed by atoms with Crippen LogP contribution >= 0.6 is 15.9 Å². The fraction of sp³-hybridized carbons (Fsp3) is 0.438. The molecule has 0 radical (unpaired) electrons. The second kappa shape index (κ2) is 5.33. The monoisotopic (exact) mass is 376 g/mol. The largest absolute Gasteiger partial charge is 0.476 e. The fourth-order valence-corrected chi connectivity index (χ4v) is 3.93. The lowest BCUT2D eigenvalue weighted by molar-refractivity contribution is 0.0691. The summed E-state index contributed by atoms with van der Waals surface area (Å²) in [5.74, 6) is 1.74. The number of aryl methyl sites for hydroxylation is 1. The quantitative estimate of drug-likeness (QED) is 0.887. The van der Waals surface area contributed by atoms with Crippen LogP contribution in [0.15, 0.2) is 23.1 Å². The Morgan fingerprint density at radius 1 is 1.43 bits per heavy atom. The smallest absolute Gasteiger partial charge is 0.356 e. The third-order valence-electron chi connectivity index (χ3n) is 4.74. The first-order valence-electron chi connectivity index (χ1n) is 7.67. The molecular weight excluding hydrogens is 360 g/mol. The molecule has 23 heavy (non-hydrogen) atoms. The maximum Gasteiger partial charge on any atom is 0.356 e. The van der Waals surface area contributed by atoms with Crippen molar-refractivity contribution in [3.63, 3.8) is 0 Å². The number of carbonyl (C=O) groups is 1. The number of halogens is 1. The first-order valence-corrected chi connectivity index (χ1v) is 8.46. The van der Waals surface area contributed by atoms with E-state index in [2.05, 4.69) is 31.9 Å². The third kappa shape index (κ3) is 2.73. The maximum atomic E-state index is 10.9. The zero-order chi connectivity index (χ0) is 16.1. The van der Waals surface area contributed by atoms with Crippen LogP contribution in [0.3, 0.4) is 0 Å². The topological polar surface area (TPSA) is 71.2 Å². The average Bonchev–Trinajstić information content (AvgIpc) is 2.92. The molecule has 0 amide bonds. The average molecular weight is 377 g/mol. The van der Waals surface area contributed by atoms with E-state index in [-0.39, 0.29) is 5.69 Å². The number of aromatic carboxylic acids is 1. The number of anilines is 1. The number of carboxylic acid groups (broad SMARTS) is 1. The summed E-state index contributed by atoms with van der Waals surface area (Å²) < 4.78 is 2.77. The van der Waals surface area contributed by atoms with Crippen LogP contribution in [0.1, 0.15) is 28.2 Å². The van der Waals surface area contributed by atoms with E-state index in [0.717, 1.165) is 46.5 Å². The van der Waals surface area contributed by atoms with E-state index in [1.165, 1.54) is 12.6 Å². The van der Waals surface area contributed by atoms with E-state index < -0.39 is 5.97 Å². The van der Waals surface area contributed by atoms with Gasteiger partial charge in [-0.2, -0.15) is 0 Å². The molecule has 2 aliphatic rings. The Kier molecular flexibility index (Phi) is 3.41. The van der Waals surface area contributed by atoms with Crippen molar-refractivity contribution in [2.45, 2.75) is 19.9 Å². The highest BCUT2D eigenvalue weighted by molar-refractivity contribution is 9.10. The predicted molar refractivity (Wildman–Crippen MR) is 88.8 cm³/mol. The van der Waals surface area contributed by atoms with Crippen molar-refractivity contribution in [1.82, 2.24) is 14.5 Å². The Morgan fingerprint density at radius 3 is 2.83 bits per heavy atom. The first kappa shape index (κ1) is 14.7. The second-order valence-electron chi connectivity index (χ2n) is 6.44. The molecule has 2 unspecified atom stereocenters. The van der Waals surface area contributed by atoms with Gasteiger partial charge in [0, 0.05) is 25.0 Å². The lowest BCUT2D eigenvalue weighted by Crippen LogP contribution is -2.24. The summed E-state index contributed by atoms with van der Waals surface area (Å²) in [7, 11) is 0. The minimum atomic E-state index is -1.01. The number of carboxylic acids is 1. The van der Waals surface area contributed by atoms with Gasteiger partial charge in [0.25, 0.3) is 0 Å². The highest BCUT2D eigenvalue weighted by atomic mass is 79.9. The Balaban J connectivity index is 1.56. The molecule has 1 saturated carbocycles. The van der Waals surface area contributed by atoms with E-state index in [9.17, 15) is 4.79 Å². The van der Waals surface area contributed by atoms with E-state index in [1.807, 2.05) is 6.92 Å². The molecule has 0 spiro atoms. The van der Waals surface area contributed by atoms with E-state index in [4.69, 9.17) is 10.1 Å². The van der Waals surface area contributed by atoms with Crippen LogP contribution in [0.5, 0.6) is 0 Å². The van der Waals surface area contributed by atoms with Gasteiger partial charge in [-0.1, -0.05) is 0 Å². The van der Waals surface area contributed by atoms with Gasteiger partial charge in [-0.05, 0) is 52.7 Å². The number of hydrogen-bond acceptors (Lipinski definition) is 4. The van der Waals surface area contributed by atoms with E-state index >= 15 is 0 Å². The standard InChI is InChI=1S/C16H17BrN4O2/c1-9-10(4-20-7-14(16(22)23)18-8-20)3-13(17)15(19-9)21-5-11-2-12(11)6-21/h3,7-8,11-12H,2,4-6H2,1H3,(H,22,23). The Labute approximate surface area is 142 Å². The predicted octanol–water partition coefficient (Wildman–Crippen LogP) is 2.55. The molecule has 4 rings (SSSR count). The number of aromatic nitrogens is 3. The summed E-state index contributed by atoms with van der Waals surface area (Å²) in [5, 5.41) is 8.94. The van der Waals surface area contributed by atoms with Gasteiger partial charge in [-0.15, -0.1) is 0 Å². The van der Waals surface area contributed by atoms with Crippen molar-refractivity contribution in [3.05, 3.63) is 40.0 Å². The van der Waals surface area contributed by atoms with Gasteiger partial charge in [0.2, 0.25) is 0 Å². The molecule has 7 heteroatoms. The van der Waals surface area contributed by atoms with Crippen LogP contribution in [0.4, 0.5) is 5.82 Å². The molecule has 3 heterocycles. The molecule has 0 aromatic carbocycles. The van der Waals surface area contributed by atoms with Crippen LogP contribution in [0.25, 0.3) is 0 Å². The summed E-state index contributed by atoms with van der Waals surface area (Å²) in [6.45, 7) is 4.78. The molecule has 1 saturated heterocycles. The molecule has 120 valence electrons. The molecular formula is C16H17BrN4O2. The van der Waals surface area contributed by atoms with Gasteiger partial charge in [0.1, 0.15) is 5.82 Å². The third-order valence-corrected chi connectivity index (χ3v) is 5.32. The molecule has 1 aliphatic heterocycles. The van der Waals surface area contributed by atoms with Crippen molar-refractivity contribution in [1.29, 1.82) is 0 Å². The van der Waals surface area contributed by atoms with Gasteiger partial charge < -0.3 is 14.6 Å². The Morgan fingerprint density at radius 2 is 2.17 bits per heavy atom. The molecule has 2 aromatic heterocycles. The molecule has 2 aromatic rings. The number of piperidine rings is 1. The summed E-state index contributed by atoms with van der Waals surface area (Å²) in [4.78, 5) is 21.9. The molecule has 6 nitrogen and oxygen atoms in total. The minimum Gasteiger partial charge on any atom is -0.476 e. The number of imidazole rings is 1. The van der Waals surface area contributed by atoms with E-state index in [0.29, 0.717) is 6.54 Å². The van der Waals surface area contributed by atoms with Gasteiger partial charge in [-0.3, -0.25) is 0 Å². The van der Waals surface area contributed by atoms with Crippen LogP contribution in [-0.4, -0.2) is 38.7 Å². The van der Waals surface area contributed by atoms with Crippen molar-refractivity contribution >= 4 is 27.7 Å². The summed E-state index contributed by atoms with van der Waals surface area (Å²) in [5.41, 5.74) is 2.08. The first-order chi connectivity index (χ1) is 11.0. The molecule has 1 N–H and O–H groups in total. The number of pyridine rings is 1. The molecule has 2 fully saturated rings. The van der Waals surface area contributed by atoms with Crippen molar-refractivity contribution < 1.29 is 9.90 Å². The highest BCUT2D eigenvalue weighted by Gasteiger charge is 2.45. The van der Waals surface area contributed by atoms with Crippen LogP contribution in [-0.2, 0) is 6.54 Å². The molecule has 0 bridgehead atoms. The Bertz CT molecular complexity index is 778. The highest BCUT2D eigenvalue weighted by Crippen LogP contribution is 2.47. The number of hydrogen-bond donors (Lipinski definition) is 1. The van der Waals surface area contributed by atoms with Gasteiger partial charge in [0.05, 0.1) is 17.3 Å². The molecule has 2 atom stereocenters. The van der Waals surface area contributed by atoms with Crippen LogP contribution < -0.4 is 4.90 Å². The maximum absolute atomic E-state index is 10.9. The van der Waals surface area contributed by atoms with Crippen LogP contribution in [0.2, 0.25) is 0 Å².